The van der Waals surface area contributed by atoms with Gasteiger partial charge in [-0.1, -0.05) is 29.3 Å². The van der Waals surface area contributed by atoms with Crippen molar-refractivity contribution >= 4 is 29.1 Å². The molecule has 0 aliphatic carbocycles. The van der Waals surface area contributed by atoms with Crippen LogP contribution in [0.2, 0.25) is 10.0 Å². The van der Waals surface area contributed by atoms with E-state index in [0.717, 1.165) is 11.3 Å². The summed E-state index contributed by atoms with van der Waals surface area (Å²) < 4.78 is 0. The molecule has 2 rings (SSSR count). The van der Waals surface area contributed by atoms with Gasteiger partial charge >= 0.3 is 0 Å². The lowest BCUT2D eigenvalue weighted by molar-refractivity contribution is -0.120. The summed E-state index contributed by atoms with van der Waals surface area (Å²) in [6.07, 6.45) is 4.16. The molecule has 4 nitrogen and oxygen atoms in total. The smallest absolute Gasteiger partial charge is 0.226 e. The molecule has 1 aromatic carbocycles. The molecule has 1 aromatic heterocycles. The normalized spacial score (nSPS) is 10.4. The van der Waals surface area contributed by atoms with Gasteiger partial charge in [-0.2, -0.15) is 0 Å². The number of nitrogens with zero attached hydrogens (tertiary/aromatic N) is 1. The van der Waals surface area contributed by atoms with Crippen molar-refractivity contribution in [3.8, 4) is 0 Å². The second-order valence-corrected chi connectivity index (χ2v) is 4.93. The summed E-state index contributed by atoms with van der Waals surface area (Å²) in [5, 5.41) is 4.06. The van der Waals surface area contributed by atoms with Gasteiger partial charge in [0.05, 0.1) is 12.7 Å². The molecule has 2 aromatic rings. The van der Waals surface area contributed by atoms with Gasteiger partial charge in [-0.05, 0) is 24.1 Å². The van der Waals surface area contributed by atoms with Crippen LogP contribution in [0.4, 0.5) is 0 Å². The quantitative estimate of drug-likeness (QED) is 0.891. The van der Waals surface area contributed by atoms with Gasteiger partial charge in [-0.25, -0.2) is 4.98 Å². The van der Waals surface area contributed by atoms with Gasteiger partial charge in [0.1, 0.15) is 0 Å². The van der Waals surface area contributed by atoms with Crippen LogP contribution in [-0.2, 0) is 17.6 Å². The second-order valence-electron chi connectivity index (χ2n) is 4.09. The Morgan fingerprint density at radius 2 is 2.21 bits per heavy atom. The fraction of sp³-hybridized carbons (Fsp3) is 0.231. The lowest BCUT2D eigenvalue weighted by atomic mass is 10.1. The van der Waals surface area contributed by atoms with Crippen molar-refractivity contribution in [3.63, 3.8) is 0 Å². The number of amides is 1. The Bertz CT molecular complexity index is 555. The van der Waals surface area contributed by atoms with Crippen LogP contribution in [-0.4, -0.2) is 22.4 Å². The molecule has 2 N–H and O–H groups in total. The molecule has 6 heteroatoms. The maximum atomic E-state index is 11.6. The van der Waals surface area contributed by atoms with Crippen LogP contribution in [0.1, 0.15) is 11.3 Å². The van der Waals surface area contributed by atoms with Gasteiger partial charge in [0.2, 0.25) is 5.91 Å². The molecule has 0 saturated heterocycles. The molecule has 0 atom stereocenters. The summed E-state index contributed by atoms with van der Waals surface area (Å²) in [7, 11) is 0. The van der Waals surface area contributed by atoms with Crippen LogP contribution in [0.3, 0.4) is 0 Å². The van der Waals surface area contributed by atoms with Crippen LogP contribution in [0, 0.1) is 0 Å². The van der Waals surface area contributed by atoms with Gasteiger partial charge in [0.15, 0.2) is 0 Å². The number of hydrogen-bond donors (Lipinski definition) is 2. The highest BCUT2D eigenvalue weighted by atomic mass is 35.5. The molecule has 100 valence electrons. The zero-order valence-electron chi connectivity index (χ0n) is 10.1. The van der Waals surface area contributed by atoms with Crippen LogP contribution in [0.15, 0.2) is 30.7 Å². The maximum absolute atomic E-state index is 11.6. The second kappa shape index (κ2) is 6.59. The molecule has 0 saturated carbocycles. The molecule has 0 unspecified atom stereocenters. The first-order chi connectivity index (χ1) is 9.15. The Kier molecular flexibility index (Phi) is 4.82. The van der Waals surface area contributed by atoms with Gasteiger partial charge in [-0.15, -0.1) is 0 Å². The van der Waals surface area contributed by atoms with Crippen LogP contribution >= 0.6 is 23.2 Å². The van der Waals surface area contributed by atoms with Gasteiger partial charge < -0.3 is 10.3 Å². The zero-order chi connectivity index (χ0) is 13.7. The van der Waals surface area contributed by atoms with Crippen molar-refractivity contribution in [2.45, 2.75) is 12.8 Å². The van der Waals surface area contributed by atoms with Gasteiger partial charge in [0, 0.05) is 28.5 Å². The van der Waals surface area contributed by atoms with Crippen molar-refractivity contribution in [1.82, 2.24) is 15.3 Å². The van der Waals surface area contributed by atoms with E-state index in [0.29, 0.717) is 29.4 Å². The molecule has 0 aliphatic rings. The molecule has 19 heavy (non-hydrogen) atoms. The third-order valence-electron chi connectivity index (χ3n) is 2.64. The van der Waals surface area contributed by atoms with Crippen molar-refractivity contribution in [2.75, 3.05) is 6.54 Å². The molecule has 0 spiro atoms. The van der Waals surface area contributed by atoms with Crippen LogP contribution in [0.25, 0.3) is 0 Å². The number of rotatable bonds is 5. The highest BCUT2D eigenvalue weighted by Crippen LogP contribution is 2.20. The minimum Gasteiger partial charge on any atom is -0.355 e. The summed E-state index contributed by atoms with van der Waals surface area (Å²) in [4.78, 5) is 18.4. The summed E-state index contributed by atoms with van der Waals surface area (Å²) in [5.74, 6) is -0.0469. The predicted octanol–water partition coefficient (Wildman–Crippen LogP) is 2.62. The van der Waals surface area contributed by atoms with E-state index in [2.05, 4.69) is 15.3 Å². The first-order valence-electron chi connectivity index (χ1n) is 5.83. The molecule has 0 aliphatic heterocycles. The topological polar surface area (TPSA) is 57.8 Å². The zero-order valence-corrected chi connectivity index (χ0v) is 11.6. The van der Waals surface area contributed by atoms with Crippen molar-refractivity contribution < 1.29 is 4.79 Å². The molecular weight excluding hydrogens is 285 g/mol. The van der Waals surface area contributed by atoms with Crippen molar-refractivity contribution in [3.05, 3.63) is 52.0 Å². The minimum atomic E-state index is -0.0469. The summed E-state index contributed by atoms with van der Waals surface area (Å²) in [5.41, 5.74) is 1.76. The number of benzene rings is 1. The average molecular weight is 298 g/mol. The number of imidazole rings is 1. The molecule has 1 heterocycles. The molecular formula is C13H13Cl2N3O. The number of H-pyrrole nitrogens is 1. The van der Waals surface area contributed by atoms with Gasteiger partial charge in [-0.3, -0.25) is 4.79 Å². The van der Waals surface area contributed by atoms with E-state index >= 15 is 0 Å². The number of aromatic nitrogens is 2. The number of hydrogen-bond acceptors (Lipinski definition) is 2. The third kappa shape index (κ3) is 4.26. The summed E-state index contributed by atoms with van der Waals surface area (Å²) >= 11 is 11.9. The van der Waals surface area contributed by atoms with Gasteiger partial charge in [0.25, 0.3) is 0 Å². The third-order valence-corrected chi connectivity index (χ3v) is 3.22. The van der Waals surface area contributed by atoms with Crippen molar-refractivity contribution in [1.29, 1.82) is 0 Å². The largest absolute Gasteiger partial charge is 0.355 e. The number of carbonyl (C=O) groups excluding carboxylic acids is 1. The highest BCUT2D eigenvalue weighted by Gasteiger charge is 2.05. The summed E-state index contributed by atoms with van der Waals surface area (Å²) in [6, 6.07) is 5.35. The number of aromatic amines is 1. The van der Waals surface area contributed by atoms with E-state index in [-0.39, 0.29) is 5.91 Å². The number of halogens is 2. The van der Waals surface area contributed by atoms with E-state index < -0.39 is 0 Å². The van der Waals surface area contributed by atoms with Crippen molar-refractivity contribution in [2.24, 2.45) is 0 Å². The Morgan fingerprint density at radius 3 is 2.89 bits per heavy atom. The molecule has 0 radical (unpaired) electrons. The Hall–Kier alpha value is -1.52. The highest BCUT2D eigenvalue weighted by molar-refractivity contribution is 6.35. The maximum Gasteiger partial charge on any atom is 0.226 e. The number of carbonyl (C=O) groups is 1. The van der Waals surface area contributed by atoms with E-state index in [1.54, 1.807) is 24.7 Å². The Labute approximate surface area is 121 Å². The lowest BCUT2D eigenvalue weighted by Gasteiger charge is -2.06. The monoisotopic (exact) mass is 297 g/mol. The first kappa shape index (κ1) is 13.9. The first-order valence-corrected chi connectivity index (χ1v) is 6.58. The van der Waals surface area contributed by atoms with E-state index in [9.17, 15) is 4.79 Å². The Balaban J connectivity index is 1.78. The Morgan fingerprint density at radius 1 is 1.37 bits per heavy atom. The molecule has 0 bridgehead atoms. The van der Waals surface area contributed by atoms with E-state index in [4.69, 9.17) is 23.2 Å². The van der Waals surface area contributed by atoms with E-state index in [1.165, 1.54) is 0 Å². The van der Waals surface area contributed by atoms with Crippen LogP contribution in [0.5, 0.6) is 0 Å². The SMILES string of the molecule is O=C(Cc1cnc[nH]1)NCCc1ccc(Cl)cc1Cl. The number of nitrogens with one attached hydrogen (secondary N) is 2. The standard InChI is InChI=1S/C13H13Cl2N3O/c14-10-2-1-9(12(15)5-10)3-4-17-13(19)6-11-7-16-8-18-11/h1-2,5,7-8H,3-4,6H2,(H,16,18)(H,17,19). The predicted molar refractivity (Wildman–Crippen MR) is 75.5 cm³/mol. The average Bonchev–Trinajstić information content (AvgIpc) is 2.84. The lowest BCUT2D eigenvalue weighted by Crippen LogP contribution is -2.27. The minimum absolute atomic E-state index is 0.0469. The van der Waals surface area contributed by atoms with Crippen LogP contribution < -0.4 is 5.32 Å². The molecule has 1 amide bonds. The van der Waals surface area contributed by atoms with E-state index in [1.807, 2.05) is 6.07 Å². The fourth-order valence-corrected chi connectivity index (χ4v) is 2.18. The summed E-state index contributed by atoms with van der Waals surface area (Å²) in [6.45, 7) is 0.536. The molecule has 0 fully saturated rings. The fourth-order valence-electron chi connectivity index (χ4n) is 1.68.